The van der Waals surface area contributed by atoms with Gasteiger partial charge in [-0.15, -0.1) is 0 Å². The summed E-state index contributed by atoms with van der Waals surface area (Å²) in [7, 11) is 0. The first kappa shape index (κ1) is 22.3. The summed E-state index contributed by atoms with van der Waals surface area (Å²) >= 11 is 18.1. The highest BCUT2D eigenvalue weighted by molar-refractivity contribution is 7.80. The zero-order valence-corrected chi connectivity index (χ0v) is 20.0. The van der Waals surface area contributed by atoms with Crippen molar-refractivity contribution in [3.8, 4) is 0 Å². The minimum absolute atomic E-state index is 0.441. The molecule has 9 heteroatoms. The second kappa shape index (κ2) is 9.73. The van der Waals surface area contributed by atoms with Gasteiger partial charge in [-0.3, -0.25) is 9.36 Å². The number of anilines is 2. The molecule has 32 heavy (non-hydrogen) atoms. The van der Waals surface area contributed by atoms with Crippen molar-refractivity contribution >= 4 is 52.0 Å². The number of aryl methyl sites for hydroxylation is 1. The van der Waals surface area contributed by atoms with E-state index in [1.807, 2.05) is 84.0 Å². The summed E-state index contributed by atoms with van der Waals surface area (Å²) in [5.41, 5.74) is 4.70. The molecule has 2 aromatic carbocycles. The van der Waals surface area contributed by atoms with E-state index in [2.05, 4.69) is 20.8 Å². The lowest BCUT2D eigenvalue weighted by Gasteiger charge is -2.10. The van der Waals surface area contributed by atoms with E-state index >= 15 is 0 Å². The Labute approximate surface area is 202 Å². The lowest BCUT2D eigenvalue weighted by molar-refractivity contribution is 0.659. The van der Waals surface area contributed by atoms with Gasteiger partial charge in [0, 0.05) is 22.3 Å². The predicted molar refractivity (Wildman–Crippen MR) is 135 cm³/mol. The lowest BCUT2D eigenvalue weighted by Crippen LogP contribution is -2.20. The number of hydrogen-bond donors (Lipinski definition) is 2. The first-order valence-electron chi connectivity index (χ1n) is 10.0. The van der Waals surface area contributed by atoms with E-state index in [9.17, 15) is 0 Å². The standard InChI is InChI=1S/C23H22Cl2N6S/c1-15-22(16(2)31(28-15)14-18-8-4-6-10-20(18)25)27-23(32)26-21-11-12-30(29-21)13-17-7-3-5-9-19(17)24/h3-12H,13-14H2,1-2H3,(H2,26,27,29,32). The number of halogens is 2. The molecule has 2 N–H and O–H groups in total. The highest BCUT2D eigenvalue weighted by atomic mass is 35.5. The van der Waals surface area contributed by atoms with E-state index in [1.165, 1.54) is 0 Å². The van der Waals surface area contributed by atoms with Crippen molar-refractivity contribution in [1.29, 1.82) is 0 Å². The van der Waals surface area contributed by atoms with Gasteiger partial charge in [0.05, 0.1) is 30.2 Å². The van der Waals surface area contributed by atoms with Crippen LogP contribution in [0, 0.1) is 13.8 Å². The summed E-state index contributed by atoms with van der Waals surface area (Å²) in [4.78, 5) is 0. The van der Waals surface area contributed by atoms with Crippen LogP contribution in [0.4, 0.5) is 11.5 Å². The molecule has 164 valence electrons. The maximum Gasteiger partial charge on any atom is 0.176 e. The lowest BCUT2D eigenvalue weighted by atomic mass is 10.2. The molecular formula is C23H22Cl2N6S. The second-order valence-corrected chi connectivity index (χ2v) is 8.59. The molecule has 2 aromatic heterocycles. The van der Waals surface area contributed by atoms with Crippen molar-refractivity contribution in [2.45, 2.75) is 26.9 Å². The number of nitrogens with zero attached hydrogens (tertiary/aromatic N) is 4. The van der Waals surface area contributed by atoms with E-state index < -0.39 is 0 Å². The fourth-order valence-corrected chi connectivity index (χ4v) is 4.00. The molecule has 0 aliphatic rings. The molecule has 0 aliphatic heterocycles. The smallest absolute Gasteiger partial charge is 0.176 e. The molecule has 0 saturated heterocycles. The molecule has 0 aliphatic carbocycles. The van der Waals surface area contributed by atoms with Crippen molar-refractivity contribution in [3.05, 3.63) is 93.4 Å². The van der Waals surface area contributed by atoms with Gasteiger partial charge in [0.2, 0.25) is 0 Å². The molecule has 0 unspecified atom stereocenters. The molecular weight excluding hydrogens is 463 g/mol. The van der Waals surface area contributed by atoms with Crippen LogP contribution in [0.25, 0.3) is 0 Å². The zero-order valence-electron chi connectivity index (χ0n) is 17.6. The average Bonchev–Trinajstić information content (AvgIpc) is 3.30. The maximum atomic E-state index is 6.31. The van der Waals surface area contributed by atoms with Crippen LogP contribution in [0.15, 0.2) is 60.8 Å². The van der Waals surface area contributed by atoms with Gasteiger partial charge in [-0.2, -0.15) is 10.2 Å². The third-order valence-corrected chi connectivity index (χ3v) is 6.01. The second-order valence-electron chi connectivity index (χ2n) is 7.36. The quantitative estimate of drug-likeness (QED) is 0.333. The first-order chi connectivity index (χ1) is 15.4. The number of rotatable bonds is 6. The normalized spacial score (nSPS) is 10.9. The van der Waals surface area contributed by atoms with Crippen LogP contribution < -0.4 is 10.6 Å². The van der Waals surface area contributed by atoms with Gasteiger partial charge in [-0.25, -0.2) is 0 Å². The van der Waals surface area contributed by atoms with E-state index in [0.717, 1.165) is 38.2 Å². The molecule has 0 saturated carbocycles. The summed E-state index contributed by atoms with van der Waals surface area (Å²) < 4.78 is 3.73. The van der Waals surface area contributed by atoms with Crippen molar-refractivity contribution < 1.29 is 0 Å². The number of hydrogen-bond acceptors (Lipinski definition) is 3. The summed E-state index contributed by atoms with van der Waals surface area (Å²) in [6.07, 6.45) is 1.88. The van der Waals surface area contributed by atoms with Gasteiger partial charge in [0.15, 0.2) is 10.9 Å². The fourth-order valence-electron chi connectivity index (χ4n) is 3.40. The topological polar surface area (TPSA) is 59.7 Å². The van der Waals surface area contributed by atoms with E-state index in [0.29, 0.717) is 24.0 Å². The summed E-state index contributed by atoms with van der Waals surface area (Å²) in [5, 5.41) is 17.4. The van der Waals surface area contributed by atoms with Crippen LogP contribution in [0.5, 0.6) is 0 Å². The van der Waals surface area contributed by atoms with Gasteiger partial charge < -0.3 is 10.6 Å². The summed E-state index contributed by atoms with van der Waals surface area (Å²) in [6, 6.07) is 17.3. The van der Waals surface area contributed by atoms with E-state index in [-0.39, 0.29) is 0 Å². The largest absolute Gasteiger partial charge is 0.329 e. The van der Waals surface area contributed by atoms with Gasteiger partial charge in [0.1, 0.15) is 0 Å². The minimum Gasteiger partial charge on any atom is -0.329 e. The first-order valence-corrected chi connectivity index (χ1v) is 11.2. The average molecular weight is 485 g/mol. The van der Waals surface area contributed by atoms with Crippen LogP contribution >= 0.6 is 35.4 Å². The van der Waals surface area contributed by atoms with Crippen molar-refractivity contribution in [2.24, 2.45) is 0 Å². The Kier molecular flexibility index (Phi) is 6.79. The molecule has 2 heterocycles. The van der Waals surface area contributed by atoms with Crippen LogP contribution in [0.3, 0.4) is 0 Å². The Morgan fingerprint density at radius 2 is 1.50 bits per heavy atom. The molecule has 0 amide bonds. The van der Waals surface area contributed by atoms with Crippen molar-refractivity contribution in [2.75, 3.05) is 10.6 Å². The molecule has 0 radical (unpaired) electrons. The number of nitrogens with one attached hydrogen (secondary N) is 2. The van der Waals surface area contributed by atoms with E-state index in [1.54, 1.807) is 0 Å². The Hall–Kier alpha value is -2.87. The van der Waals surface area contributed by atoms with Crippen LogP contribution in [0.2, 0.25) is 10.0 Å². The molecule has 6 nitrogen and oxygen atoms in total. The Morgan fingerprint density at radius 1 is 0.875 bits per heavy atom. The molecule has 4 aromatic rings. The Bertz CT molecular complexity index is 1260. The molecule has 0 bridgehead atoms. The summed E-state index contributed by atoms with van der Waals surface area (Å²) in [6.45, 7) is 5.11. The van der Waals surface area contributed by atoms with Gasteiger partial charge in [-0.05, 0) is 49.3 Å². The monoisotopic (exact) mass is 484 g/mol. The highest BCUT2D eigenvalue weighted by Gasteiger charge is 2.14. The van der Waals surface area contributed by atoms with Gasteiger partial charge >= 0.3 is 0 Å². The Balaban J connectivity index is 1.41. The zero-order chi connectivity index (χ0) is 22.7. The van der Waals surface area contributed by atoms with E-state index in [4.69, 9.17) is 35.4 Å². The predicted octanol–water partition coefficient (Wildman–Crippen LogP) is 5.91. The van der Waals surface area contributed by atoms with Gasteiger partial charge in [0.25, 0.3) is 0 Å². The molecule has 0 fully saturated rings. The maximum absolute atomic E-state index is 6.31. The molecule has 4 rings (SSSR count). The van der Waals surface area contributed by atoms with Crippen LogP contribution in [-0.2, 0) is 13.1 Å². The highest BCUT2D eigenvalue weighted by Crippen LogP contribution is 2.23. The Morgan fingerprint density at radius 3 is 2.16 bits per heavy atom. The van der Waals surface area contributed by atoms with Crippen molar-refractivity contribution in [1.82, 2.24) is 19.6 Å². The summed E-state index contributed by atoms with van der Waals surface area (Å²) in [5.74, 6) is 0.647. The SMILES string of the molecule is Cc1nn(Cc2ccccc2Cl)c(C)c1NC(=S)Nc1ccn(Cc2ccccc2Cl)n1. The van der Waals surface area contributed by atoms with Crippen LogP contribution in [-0.4, -0.2) is 24.7 Å². The third-order valence-electron chi connectivity index (χ3n) is 5.07. The van der Waals surface area contributed by atoms with Gasteiger partial charge in [-0.1, -0.05) is 59.6 Å². The van der Waals surface area contributed by atoms with Crippen molar-refractivity contribution in [3.63, 3.8) is 0 Å². The third kappa shape index (κ3) is 5.12. The molecule has 0 spiro atoms. The molecule has 0 atom stereocenters. The number of thiocarbonyl (C=S) groups is 1. The fraction of sp³-hybridized carbons (Fsp3) is 0.174. The van der Waals surface area contributed by atoms with Crippen LogP contribution in [0.1, 0.15) is 22.5 Å². The minimum atomic E-state index is 0.441. The number of aromatic nitrogens is 4. The number of benzene rings is 2.